The number of carbonyl (C=O) groups excluding carboxylic acids is 1. The first-order valence-corrected chi connectivity index (χ1v) is 8.64. The number of phenols is 1. The Bertz CT molecular complexity index is 1140. The number of amides is 1. The number of hydrogen-bond acceptors (Lipinski definition) is 7. The van der Waals surface area contributed by atoms with E-state index in [9.17, 15) is 20.0 Å². The van der Waals surface area contributed by atoms with Gasteiger partial charge in [0.2, 0.25) is 6.10 Å². The van der Waals surface area contributed by atoms with E-state index in [0.717, 1.165) is 16.8 Å². The fraction of sp³-hybridized carbons (Fsp3) is 0.100. The lowest BCUT2D eigenvalue weighted by atomic mass is 10.1. The molecule has 1 amide bonds. The molecule has 0 saturated heterocycles. The van der Waals surface area contributed by atoms with E-state index in [0.29, 0.717) is 17.1 Å². The van der Waals surface area contributed by atoms with Crippen LogP contribution in [0.5, 0.6) is 17.2 Å². The Hall–Kier alpha value is -4.14. The van der Waals surface area contributed by atoms with Crippen molar-refractivity contribution in [3.05, 3.63) is 70.3 Å². The van der Waals surface area contributed by atoms with Gasteiger partial charge in [-0.3, -0.25) is 14.9 Å². The molecule has 29 heavy (non-hydrogen) atoms. The van der Waals surface area contributed by atoms with Crippen LogP contribution in [0.25, 0.3) is 10.8 Å². The lowest BCUT2D eigenvalue weighted by molar-refractivity contribution is -0.385. The number of carbonyl (C=O) groups is 1. The molecule has 2 N–H and O–H groups in total. The van der Waals surface area contributed by atoms with Gasteiger partial charge in [0, 0.05) is 11.6 Å². The standard InChI is InChI=1S/C20H15N3O6/c24-16-6-5-12(7-15(16)23(26)27)10-21-22-20(25)19-11-28-17-8-13-3-1-2-4-14(13)9-18(17)29-19/h1-10,19,24H,11H2,(H,22,25)/t19-/m1/s1. The first kappa shape index (κ1) is 18.2. The Morgan fingerprint density at radius 1 is 1.17 bits per heavy atom. The molecular formula is C20H15N3O6. The van der Waals surface area contributed by atoms with Crippen molar-refractivity contribution in [2.24, 2.45) is 5.10 Å². The fourth-order valence-corrected chi connectivity index (χ4v) is 2.89. The van der Waals surface area contributed by atoms with Gasteiger partial charge in [-0.2, -0.15) is 5.10 Å². The van der Waals surface area contributed by atoms with Crippen LogP contribution in [-0.2, 0) is 4.79 Å². The van der Waals surface area contributed by atoms with E-state index in [4.69, 9.17) is 9.47 Å². The molecule has 0 radical (unpaired) electrons. The highest BCUT2D eigenvalue weighted by Gasteiger charge is 2.27. The normalized spacial score (nSPS) is 15.4. The lowest BCUT2D eigenvalue weighted by Crippen LogP contribution is -2.42. The van der Waals surface area contributed by atoms with Crippen molar-refractivity contribution in [2.45, 2.75) is 6.10 Å². The molecular weight excluding hydrogens is 378 g/mol. The number of ether oxygens (including phenoxy) is 2. The molecule has 1 aliphatic rings. The molecule has 3 aromatic rings. The highest BCUT2D eigenvalue weighted by Crippen LogP contribution is 2.35. The van der Waals surface area contributed by atoms with Crippen molar-refractivity contribution >= 4 is 28.6 Å². The molecule has 0 saturated carbocycles. The number of aromatic hydroxyl groups is 1. The molecule has 9 nitrogen and oxygen atoms in total. The third-order valence-electron chi connectivity index (χ3n) is 4.35. The summed E-state index contributed by atoms with van der Waals surface area (Å²) >= 11 is 0. The molecule has 1 aliphatic heterocycles. The van der Waals surface area contributed by atoms with E-state index in [-0.39, 0.29) is 6.61 Å². The minimum atomic E-state index is -0.894. The molecule has 0 bridgehead atoms. The number of nitrogens with zero attached hydrogens (tertiary/aromatic N) is 2. The number of fused-ring (bicyclic) bond motifs is 2. The van der Waals surface area contributed by atoms with Crippen molar-refractivity contribution in [3.8, 4) is 17.2 Å². The van der Waals surface area contributed by atoms with Crippen molar-refractivity contribution in [2.75, 3.05) is 6.61 Å². The van der Waals surface area contributed by atoms with Gasteiger partial charge in [0.15, 0.2) is 17.2 Å². The summed E-state index contributed by atoms with van der Waals surface area (Å²) in [6.45, 7) is 0.0252. The Morgan fingerprint density at radius 3 is 2.62 bits per heavy atom. The first-order chi connectivity index (χ1) is 14.0. The molecule has 0 spiro atoms. The fourth-order valence-electron chi connectivity index (χ4n) is 2.89. The Morgan fingerprint density at radius 2 is 1.90 bits per heavy atom. The maximum Gasteiger partial charge on any atom is 0.311 e. The maximum absolute atomic E-state index is 12.3. The van der Waals surface area contributed by atoms with Gasteiger partial charge in [-0.1, -0.05) is 24.3 Å². The maximum atomic E-state index is 12.3. The second-order valence-corrected chi connectivity index (χ2v) is 6.30. The van der Waals surface area contributed by atoms with E-state index in [2.05, 4.69) is 10.5 Å². The molecule has 0 fully saturated rings. The first-order valence-electron chi connectivity index (χ1n) is 8.64. The summed E-state index contributed by atoms with van der Waals surface area (Å²) in [6.07, 6.45) is 0.338. The van der Waals surface area contributed by atoms with Crippen LogP contribution in [0, 0.1) is 10.1 Å². The number of benzene rings is 3. The Balaban J connectivity index is 1.43. The molecule has 3 aromatic carbocycles. The van der Waals surface area contributed by atoms with E-state index >= 15 is 0 Å². The SMILES string of the molecule is O=C(NN=Cc1ccc(O)c([N+](=O)[O-])c1)[C@H]1COc2cc3ccccc3cc2O1. The molecule has 1 atom stereocenters. The summed E-state index contributed by atoms with van der Waals surface area (Å²) in [4.78, 5) is 22.5. The van der Waals surface area contributed by atoms with Crippen LogP contribution < -0.4 is 14.9 Å². The summed E-state index contributed by atoms with van der Waals surface area (Å²) in [5.41, 5.74) is 2.21. The Labute approximate surface area is 164 Å². The topological polar surface area (TPSA) is 123 Å². The summed E-state index contributed by atoms with van der Waals surface area (Å²) in [5, 5.41) is 26.0. The molecule has 0 aromatic heterocycles. The number of nitro groups is 1. The second-order valence-electron chi connectivity index (χ2n) is 6.30. The number of nitro benzene ring substituents is 1. The highest BCUT2D eigenvalue weighted by atomic mass is 16.6. The average Bonchev–Trinajstić information content (AvgIpc) is 2.72. The number of hydrogen-bond donors (Lipinski definition) is 2. The van der Waals surface area contributed by atoms with Crippen LogP contribution in [0.1, 0.15) is 5.56 Å². The van der Waals surface area contributed by atoms with Crippen LogP contribution in [0.15, 0.2) is 59.7 Å². The Kier molecular flexibility index (Phi) is 4.70. The monoisotopic (exact) mass is 393 g/mol. The van der Waals surface area contributed by atoms with Crippen LogP contribution in [0.4, 0.5) is 5.69 Å². The number of rotatable bonds is 4. The summed E-state index contributed by atoms with van der Waals surface area (Å²) in [5.74, 6) is 0.0596. The average molecular weight is 393 g/mol. The third-order valence-corrected chi connectivity index (χ3v) is 4.35. The van der Waals surface area contributed by atoms with E-state index < -0.39 is 28.4 Å². The zero-order valence-electron chi connectivity index (χ0n) is 14.9. The largest absolute Gasteiger partial charge is 0.502 e. The van der Waals surface area contributed by atoms with Gasteiger partial charge in [-0.05, 0) is 35.0 Å². The van der Waals surface area contributed by atoms with E-state index in [1.807, 2.05) is 36.4 Å². The van der Waals surface area contributed by atoms with E-state index in [1.165, 1.54) is 18.3 Å². The van der Waals surface area contributed by atoms with Gasteiger partial charge < -0.3 is 14.6 Å². The van der Waals surface area contributed by atoms with Gasteiger partial charge >= 0.3 is 5.69 Å². The molecule has 0 aliphatic carbocycles. The van der Waals surface area contributed by atoms with Crippen LogP contribution in [-0.4, -0.2) is 34.9 Å². The van der Waals surface area contributed by atoms with Crippen molar-refractivity contribution in [1.82, 2.24) is 5.43 Å². The summed E-state index contributed by atoms with van der Waals surface area (Å²) < 4.78 is 11.4. The van der Waals surface area contributed by atoms with Crippen molar-refractivity contribution in [3.63, 3.8) is 0 Å². The number of nitrogens with one attached hydrogen (secondary N) is 1. The van der Waals surface area contributed by atoms with Gasteiger partial charge in [0.25, 0.3) is 5.91 Å². The minimum Gasteiger partial charge on any atom is -0.502 e. The zero-order valence-corrected chi connectivity index (χ0v) is 14.9. The molecule has 146 valence electrons. The molecule has 9 heteroatoms. The molecule has 4 rings (SSSR count). The number of phenolic OH excluding ortho intramolecular Hbond substituents is 1. The van der Waals surface area contributed by atoms with Gasteiger partial charge in [0.1, 0.15) is 6.61 Å². The third kappa shape index (κ3) is 3.79. The van der Waals surface area contributed by atoms with Gasteiger partial charge in [-0.25, -0.2) is 5.43 Å². The van der Waals surface area contributed by atoms with Crippen LogP contribution in [0.3, 0.4) is 0 Å². The molecule has 1 heterocycles. The minimum absolute atomic E-state index is 0.0252. The molecule has 0 unspecified atom stereocenters. The van der Waals surface area contributed by atoms with Gasteiger partial charge in [0.05, 0.1) is 11.1 Å². The summed E-state index contributed by atoms with van der Waals surface area (Å²) in [6, 6.07) is 15.1. The lowest BCUT2D eigenvalue weighted by Gasteiger charge is -2.25. The highest BCUT2D eigenvalue weighted by molar-refractivity contribution is 5.88. The van der Waals surface area contributed by atoms with Gasteiger partial charge in [-0.15, -0.1) is 0 Å². The smallest absolute Gasteiger partial charge is 0.311 e. The van der Waals surface area contributed by atoms with E-state index in [1.54, 1.807) is 0 Å². The predicted octanol–water partition coefficient (Wildman–Crippen LogP) is 2.74. The van der Waals surface area contributed by atoms with Crippen molar-refractivity contribution < 1.29 is 24.3 Å². The summed E-state index contributed by atoms with van der Waals surface area (Å²) in [7, 11) is 0. The second kappa shape index (κ2) is 7.47. The van der Waals surface area contributed by atoms with Crippen LogP contribution >= 0.6 is 0 Å². The quantitative estimate of drug-likeness (QED) is 0.399. The zero-order chi connectivity index (χ0) is 20.4. The number of hydrazone groups is 1. The van der Waals surface area contributed by atoms with Crippen LogP contribution in [0.2, 0.25) is 0 Å². The van der Waals surface area contributed by atoms with Crippen molar-refractivity contribution in [1.29, 1.82) is 0 Å². The predicted molar refractivity (Wildman–Crippen MR) is 104 cm³/mol.